The van der Waals surface area contributed by atoms with Gasteiger partial charge in [0.1, 0.15) is 11.6 Å². The minimum Gasteiger partial charge on any atom is -0.383 e. The Labute approximate surface area is 101 Å². The fourth-order valence-corrected chi connectivity index (χ4v) is 2.17. The first-order valence-electron chi connectivity index (χ1n) is 6.24. The van der Waals surface area contributed by atoms with E-state index in [4.69, 9.17) is 5.73 Å². The largest absolute Gasteiger partial charge is 0.383 e. The summed E-state index contributed by atoms with van der Waals surface area (Å²) in [6.07, 6.45) is 4.74. The van der Waals surface area contributed by atoms with E-state index in [0.717, 1.165) is 12.5 Å². The van der Waals surface area contributed by atoms with Crippen LogP contribution in [0.1, 0.15) is 32.0 Å². The molecule has 5 nitrogen and oxygen atoms in total. The molecule has 2 rings (SSSR count). The van der Waals surface area contributed by atoms with Crippen LogP contribution >= 0.6 is 0 Å². The van der Waals surface area contributed by atoms with Gasteiger partial charge in [-0.25, -0.2) is 4.98 Å². The maximum absolute atomic E-state index is 11.2. The number of anilines is 1. The molecule has 1 heterocycles. The Morgan fingerprint density at radius 2 is 2.41 bits per heavy atom. The molecule has 5 heteroatoms. The van der Waals surface area contributed by atoms with Crippen molar-refractivity contribution in [1.82, 2.24) is 15.3 Å². The number of aromatic amines is 1. The van der Waals surface area contributed by atoms with Crippen molar-refractivity contribution in [2.45, 2.75) is 38.6 Å². The third-order valence-corrected chi connectivity index (χ3v) is 3.50. The van der Waals surface area contributed by atoms with Crippen LogP contribution in [0.4, 0.5) is 5.82 Å². The lowest BCUT2D eigenvalue weighted by Gasteiger charge is -2.32. The van der Waals surface area contributed by atoms with Crippen LogP contribution in [0.2, 0.25) is 0 Å². The maximum atomic E-state index is 11.2. The summed E-state index contributed by atoms with van der Waals surface area (Å²) in [6.45, 7) is 3.05. The molecule has 0 amide bonds. The van der Waals surface area contributed by atoms with Gasteiger partial charge < -0.3 is 16.0 Å². The Balaban J connectivity index is 1.79. The first-order valence-corrected chi connectivity index (χ1v) is 6.24. The third-order valence-electron chi connectivity index (χ3n) is 3.50. The molecule has 1 fully saturated rings. The number of hydrogen-bond donors (Lipinski definition) is 3. The molecule has 94 valence electrons. The van der Waals surface area contributed by atoms with Gasteiger partial charge in [-0.1, -0.05) is 6.42 Å². The number of hydrogen-bond acceptors (Lipinski definition) is 4. The highest BCUT2D eigenvalue weighted by molar-refractivity contribution is 5.25. The van der Waals surface area contributed by atoms with E-state index < -0.39 is 0 Å². The Morgan fingerprint density at radius 3 is 3.00 bits per heavy atom. The lowest BCUT2D eigenvalue weighted by molar-refractivity contribution is 0.242. The summed E-state index contributed by atoms with van der Waals surface area (Å²) in [6, 6.07) is 1.85. The molecule has 0 aromatic carbocycles. The second-order valence-electron chi connectivity index (χ2n) is 4.80. The zero-order chi connectivity index (χ0) is 12.3. The number of nitrogen functional groups attached to an aromatic ring is 1. The van der Waals surface area contributed by atoms with Gasteiger partial charge in [-0.3, -0.25) is 4.79 Å². The molecular weight excluding hydrogens is 216 g/mol. The van der Waals surface area contributed by atoms with Crippen LogP contribution in [-0.4, -0.2) is 22.6 Å². The van der Waals surface area contributed by atoms with E-state index in [0.29, 0.717) is 18.3 Å². The highest BCUT2D eigenvalue weighted by Gasteiger charge is 2.23. The van der Waals surface area contributed by atoms with E-state index in [1.807, 2.05) is 0 Å². The van der Waals surface area contributed by atoms with E-state index in [1.54, 1.807) is 0 Å². The van der Waals surface area contributed by atoms with E-state index in [9.17, 15) is 4.79 Å². The molecule has 17 heavy (non-hydrogen) atoms. The molecule has 1 aliphatic rings. The van der Waals surface area contributed by atoms with Gasteiger partial charge in [0.25, 0.3) is 5.56 Å². The minimum atomic E-state index is -0.181. The molecule has 0 saturated heterocycles. The summed E-state index contributed by atoms with van der Waals surface area (Å²) in [7, 11) is 0. The Kier molecular flexibility index (Phi) is 3.78. The highest BCUT2D eigenvalue weighted by Crippen LogP contribution is 2.29. The summed E-state index contributed by atoms with van der Waals surface area (Å²) in [5, 5.41) is 3.47. The van der Waals surface area contributed by atoms with Crippen molar-refractivity contribution in [3.63, 3.8) is 0 Å². The third kappa shape index (κ3) is 3.30. The van der Waals surface area contributed by atoms with E-state index in [2.05, 4.69) is 22.2 Å². The van der Waals surface area contributed by atoms with Gasteiger partial charge in [-0.15, -0.1) is 0 Å². The summed E-state index contributed by atoms with van der Waals surface area (Å²) >= 11 is 0. The topological polar surface area (TPSA) is 83.8 Å². The molecule has 0 aliphatic heterocycles. The molecular formula is C12H20N4O. The molecule has 4 N–H and O–H groups in total. The zero-order valence-electron chi connectivity index (χ0n) is 10.2. The van der Waals surface area contributed by atoms with Gasteiger partial charge >= 0.3 is 0 Å². The molecule has 1 atom stereocenters. The lowest BCUT2D eigenvalue weighted by atomic mass is 9.80. The van der Waals surface area contributed by atoms with Gasteiger partial charge in [-0.05, 0) is 25.7 Å². The van der Waals surface area contributed by atoms with Crippen LogP contribution < -0.4 is 16.6 Å². The molecule has 0 radical (unpaired) electrons. The average Bonchev–Trinajstić information content (AvgIpc) is 2.12. The van der Waals surface area contributed by atoms with Crippen molar-refractivity contribution in [1.29, 1.82) is 0 Å². The quantitative estimate of drug-likeness (QED) is 0.701. The monoisotopic (exact) mass is 236 g/mol. The summed E-state index contributed by atoms with van der Waals surface area (Å²) in [4.78, 5) is 18.0. The molecule has 0 unspecified atom stereocenters. The van der Waals surface area contributed by atoms with Crippen molar-refractivity contribution in [2.24, 2.45) is 5.92 Å². The number of H-pyrrole nitrogens is 1. The maximum Gasteiger partial charge on any atom is 0.252 e. The van der Waals surface area contributed by atoms with Crippen LogP contribution in [0, 0.1) is 5.92 Å². The minimum absolute atomic E-state index is 0.181. The van der Waals surface area contributed by atoms with Crippen LogP contribution in [0.5, 0.6) is 0 Å². The van der Waals surface area contributed by atoms with Gasteiger partial charge in [0.05, 0.1) is 0 Å². The number of nitrogens with zero attached hydrogens (tertiary/aromatic N) is 1. The van der Waals surface area contributed by atoms with Crippen molar-refractivity contribution in [2.75, 3.05) is 12.3 Å². The predicted molar refractivity (Wildman–Crippen MR) is 67.8 cm³/mol. The number of aromatic nitrogens is 2. The highest BCUT2D eigenvalue weighted by atomic mass is 16.1. The standard InChI is InChI=1S/C12H20N4O/c1-8(9-3-2-4-9)14-6-5-11-15-10(13)7-12(17)16-11/h7-9,14H,2-6H2,1H3,(H3,13,15,16,17)/t8-/m0/s1. The first-order chi connectivity index (χ1) is 8.15. The normalized spacial score (nSPS) is 17.7. The second-order valence-corrected chi connectivity index (χ2v) is 4.80. The number of rotatable bonds is 5. The number of nitrogens with two attached hydrogens (primary N) is 1. The number of nitrogens with one attached hydrogen (secondary N) is 2. The van der Waals surface area contributed by atoms with Gasteiger partial charge in [0, 0.05) is 25.1 Å². The van der Waals surface area contributed by atoms with Crippen molar-refractivity contribution >= 4 is 5.82 Å². The average molecular weight is 236 g/mol. The van der Waals surface area contributed by atoms with Gasteiger partial charge in [-0.2, -0.15) is 0 Å². The fourth-order valence-electron chi connectivity index (χ4n) is 2.17. The second kappa shape index (κ2) is 5.31. The van der Waals surface area contributed by atoms with Crippen molar-refractivity contribution < 1.29 is 0 Å². The van der Waals surface area contributed by atoms with E-state index in [-0.39, 0.29) is 11.4 Å². The lowest BCUT2D eigenvalue weighted by Crippen LogP contribution is -2.38. The molecule has 1 saturated carbocycles. The van der Waals surface area contributed by atoms with Gasteiger partial charge in [0.15, 0.2) is 0 Å². The SMILES string of the molecule is C[C@H](NCCc1nc(N)cc(=O)[nH]1)C1CCC1. The Morgan fingerprint density at radius 1 is 1.65 bits per heavy atom. The first kappa shape index (κ1) is 12.1. The molecule has 1 aromatic rings. The Hall–Kier alpha value is -1.36. The zero-order valence-corrected chi connectivity index (χ0v) is 10.2. The summed E-state index contributed by atoms with van der Waals surface area (Å²) in [5.74, 6) is 1.77. The van der Waals surface area contributed by atoms with Crippen molar-refractivity contribution in [3.05, 3.63) is 22.2 Å². The van der Waals surface area contributed by atoms with Crippen LogP contribution in [0.25, 0.3) is 0 Å². The smallest absolute Gasteiger partial charge is 0.252 e. The molecule has 1 aromatic heterocycles. The predicted octanol–water partition coefficient (Wildman–Crippen LogP) is 0.673. The van der Waals surface area contributed by atoms with Crippen molar-refractivity contribution in [3.8, 4) is 0 Å². The van der Waals surface area contributed by atoms with Crippen LogP contribution in [0.15, 0.2) is 10.9 Å². The van der Waals surface area contributed by atoms with E-state index >= 15 is 0 Å². The van der Waals surface area contributed by atoms with E-state index in [1.165, 1.54) is 25.3 Å². The molecule has 1 aliphatic carbocycles. The summed E-state index contributed by atoms with van der Waals surface area (Å²) in [5.41, 5.74) is 5.34. The van der Waals surface area contributed by atoms with Crippen LogP contribution in [0.3, 0.4) is 0 Å². The molecule has 0 spiro atoms. The van der Waals surface area contributed by atoms with Crippen LogP contribution in [-0.2, 0) is 6.42 Å². The fraction of sp³-hybridized carbons (Fsp3) is 0.667. The summed E-state index contributed by atoms with van der Waals surface area (Å²) < 4.78 is 0. The molecule has 0 bridgehead atoms. The Bertz CT molecular complexity index is 425. The van der Waals surface area contributed by atoms with Gasteiger partial charge in [0.2, 0.25) is 0 Å².